The van der Waals surface area contributed by atoms with Gasteiger partial charge in [-0.25, -0.2) is 0 Å². The minimum absolute atomic E-state index is 0.165. The summed E-state index contributed by atoms with van der Waals surface area (Å²) in [7, 11) is 0. The van der Waals surface area contributed by atoms with E-state index in [-0.39, 0.29) is 17.6 Å². The number of hydrogen-bond acceptors (Lipinski definition) is 4. The largest absolute Gasteiger partial charge is 0.454 e. The zero-order valence-electron chi connectivity index (χ0n) is 12.1. The van der Waals surface area contributed by atoms with E-state index >= 15 is 0 Å². The Bertz CT molecular complexity index is 768. The van der Waals surface area contributed by atoms with E-state index in [0.717, 1.165) is 12.1 Å². The van der Waals surface area contributed by atoms with E-state index in [4.69, 9.17) is 21.7 Å². The molecule has 0 unspecified atom stereocenters. The summed E-state index contributed by atoms with van der Waals surface area (Å²) in [6.45, 7) is 0.165. The zero-order valence-corrected chi connectivity index (χ0v) is 12.9. The molecule has 0 saturated carbocycles. The molecule has 0 aliphatic carbocycles. The van der Waals surface area contributed by atoms with Crippen molar-refractivity contribution >= 4 is 28.7 Å². The Hall–Kier alpha value is -2.68. The molecule has 1 aliphatic rings. The van der Waals surface area contributed by atoms with Crippen LogP contribution in [0.25, 0.3) is 0 Å². The van der Waals surface area contributed by atoms with Crippen molar-refractivity contribution in [3.8, 4) is 11.5 Å². The molecule has 0 spiro atoms. The molecule has 3 rings (SSSR count). The average Bonchev–Trinajstić information content (AvgIpc) is 3.00. The van der Waals surface area contributed by atoms with Gasteiger partial charge in [0.25, 0.3) is 0 Å². The smallest absolute Gasteiger partial charge is 0.416 e. The lowest BCUT2D eigenvalue weighted by molar-refractivity contribution is -0.137. The third kappa shape index (κ3) is 3.80. The average molecular weight is 355 g/mol. The van der Waals surface area contributed by atoms with Gasteiger partial charge >= 0.3 is 6.18 Å². The lowest BCUT2D eigenvalue weighted by Gasteiger charge is -2.14. The summed E-state index contributed by atoms with van der Waals surface area (Å²) in [4.78, 5) is 0. The highest BCUT2D eigenvalue weighted by Gasteiger charge is 2.30. The van der Waals surface area contributed by atoms with Gasteiger partial charge in [-0.2, -0.15) is 13.2 Å². The zero-order chi connectivity index (χ0) is 17.2. The molecule has 2 aromatic rings. The maximum Gasteiger partial charge on any atom is 0.416 e. The molecule has 5 nitrogen and oxygen atoms in total. The predicted molar refractivity (Wildman–Crippen MR) is 87.0 cm³/mol. The first kappa shape index (κ1) is 16.2. The highest BCUT2D eigenvalue weighted by atomic mass is 32.1. The van der Waals surface area contributed by atoms with E-state index in [2.05, 4.69) is 16.2 Å². The SMILES string of the molecule is FC(F)(F)c1cccc(NNC(=S)Nc2ccc3c(c2)OCO3)c1. The molecule has 0 aromatic heterocycles. The molecule has 0 radical (unpaired) electrons. The van der Waals surface area contributed by atoms with Gasteiger partial charge in [0, 0.05) is 11.8 Å². The number of ether oxygens (including phenoxy) is 2. The fraction of sp³-hybridized carbons (Fsp3) is 0.133. The van der Waals surface area contributed by atoms with Crippen molar-refractivity contribution in [3.05, 3.63) is 48.0 Å². The van der Waals surface area contributed by atoms with Crippen LogP contribution in [-0.2, 0) is 6.18 Å². The van der Waals surface area contributed by atoms with Gasteiger partial charge in [-0.15, -0.1) is 0 Å². The third-order valence-corrected chi connectivity index (χ3v) is 3.34. The summed E-state index contributed by atoms with van der Waals surface area (Å²) in [5.41, 5.74) is 5.39. The number of hydrazine groups is 1. The predicted octanol–water partition coefficient (Wildman–Crippen LogP) is 3.75. The lowest BCUT2D eigenvalue weighted by atomic mass is 10.2. The molecular formula is C15H12F3N3O2S. The molecule has 0 bridgehead atoms. The van der Waals surface area contributed by atoms with E-state index in [1.54, 1.807) is 18.2 Å². The number of hydrogen-bond donors (Lipinski definition) is 3. The first-order valence-corrected chi connectivity index (χ1v) is 7.22. The van der Waals surface area contributed by atoms with Crippen LogP contribution >= 0.6 is 12.2 Å². The number of fused-ring (bicyclic) bond motifs is 1. The minimum atomic E-state index is -4.40. The molecule has 3 N–H and O–H groups in total. The highest BCUT2D eigenvalue weighted by molar-refractivity contribution is 7.80. The van der Waals surface area contributed by atoms with Crippen LogP contribution in [0.3, 0.4) is 0 Å². The molecule has 24 heavy (non-hydrogen) atoms. The van der Waals surface area contributed by atoms with E-state index in [1.165, 1.54) is 12.1 Å². The Morgan fingerprint density at radius 2 is 1.79 bits per heavy atom. The number of alkyl halides is 3. The van der Waals surface area contributed by atoms with Crippen LogP contribution in [0.2, 0.25) is 0 Å². The number of nitrogens with one attached hydrogen (secondary N) is 3. The Kier molecular flexibility index (Phi) is 4.34. The molecule has 126 valence electrons. The molecule has 1 aliphatic heterocycles. The van der Waals surface area contributed by atoms with E-state index in [1.807, 2.05) is 0 Å². The number of anilines is 2. The number of halogens is 3. The van der Waals surface area contributed by atoms with Crippen molar-refractivity contribution in [1.29, 1.82) is 0 Å². The summed E-state index contributed by atoms with van der Waals surface area (Å²) in [5.74, 6) is 1.23. The third-order valence-electron chi connectivity index (χ3n) is 3.14. The maximum atomic E-state index is 12.7. The van der Waals surface area contributed by atoms with E-state index < -0.39 is 11.7 Å². The van der Waals surface area contributed by atoms with Crippen LogP contribution in [0.15, 0.2) is 42.5 Å². The molecule has 0 fully saturated rings. The summed E-state index contributed by atoms with van der Waals surface area (Å²) in [6.07, 6.45) is -4.40. The first-order chi connectivity index (χ1) is 11.4. The molecule has 1 heterocycles. The van der Waals surface area contributed by atoms with Crippen LogP contribution in [0.4, 0.5) is 24.5 Å². The molecular weight excluding hydrogens is 343 g/mol. The van der Waals surface area contributed by atoms with Crippen LogP contribution in [0, 0.1) is 0 Å². The second-order valence-electron chi connectivity index (χ2n) is 4.85. The highest BCUT2D eigenvalue weighted by Crippen LogP contribution is 2.34. The molecule has 0 saturated heterocycles. The van der Waals surface area contributed by atoms with E-state index in [0.29, 0.717) is 17.2 Å². The van der Waals surface area contributed by atoms with Crippen LogP contribution < -0.4 is 25.6 Å². The van der Waals surface area contributed by atoms with Crippen molar-refractivity contribution in [1.82, 2.24) is 5.43 Å². The number of rotatable bonds is 3. The standard InChI is InChI=1S/C15H12F3N3O2S/c16-15(17,18)9-2-1-3-11(6-9)20-21-14(24)19-10-4-5-12-13(7-10)23-8-22-12/h1-7,20H,8H2,(H2,19,21,24). The van der Waals surface area contributed by atoms with Crippen LogP contribution in [-0.4, -0.2) is 11.9 Å². The van der Waals surface area contributed by atoms with Gasteiger partial charge in [-0.05, 0) is 42.5 Å². The Morgan fingerprint density at radius 3 is 2.58 bits per heavy atom. The second-order valence-corrected chi connectivity index (χ2v) is 5.26. The monoisotopic (exact) mass is 355 g/mol. The summed E-state index contributed by atoms with van der Waals surface area (Å²) in [5, 5.41) is 3.07. The van der Waals surface area contributed by atoms with Gasteiger partial charge < -0.3 is 14.8 Å². The van der Waals surface area contributed by atoms with Gasteiger partial charge in [0.15, 0.2) is 16.6 Å². The van der Waals surface area contributed by atoms with Crippen molar-refractivity contribution in [2.24, 2.45) is 0 Å². The lowest BCUT2D eigenvalue weighted by Crippen LogP contribution is -2.33. The molecule has 2 aromatic carbocycles. The maximum absolute atomic E-state index is 12.7. The van der Waals surface area contributed by atoms with Gasteiger partial charge in [0.1, 0.15) is 0 Å². The normalized spacial score (nSPS) is 12.6. The summed E-state index contributed by atoms with van der Waals surface area (Å²) >= 11 is 5.09. The Balaban J connectivity index is 1.58. The van der Waals surface area contributed by atoms with E-state index in [9.17, 15) is 13.2 Å². The first-order valence-electron chi connectivity index (χ1n) is 6.82. The summed E-state index contributed by atoms with van der Waals surface area (Å²) in [6, 6.07) is 9.96. The second kappa shape index (κ2) is 6.44. The quantitative estimate of drug-likeness (QED) is 0.576. The van der Waals surface area contributed by atoms with Gasteiger partial charge in [0.2, 0.25) is 6.79 Å². The summed E-state index contributed by atoms with van der Waals surface area (Å²) < 4.78 is 48.4. The van der Waals surface area contributed by atoms with Gasteiger partial charge in [0.05, 0.1) is 11.3 Å². The topological polar surface area (TPSA) is 54.5 Å². The van der Waals surface area contributed by atoms with Crippen molar-refractivity contribution in [2.75, 3.05) is 17.5 Å². The fourth-order valence-corrected chi connectivity index (χ4v) is 2.21. The molecule has 0 amide bonds. The molecule has 0 atom stereocenters. The number of benzene rings is 2. The number of thiocarbonyl (C=S) groups is 1. The Morgan fingerprint density at radius 1 is 1.00 bits per heavy atom. The van der Waals surface area contributed by atoms with Crippen LogP contribution in [0.1, 0.15) is 5.56 Å². The molecule has 9 heteroatoms. The van der Waals surface area contributed by atoms with Crippen molar-refractivity contribution in [2.45, 2.75) is 6.18 Å². The van der Waals surface area contributed by atoms with Crippen molar-refractivity contribution < 1.29 is 22.6 Å². The van der Waals surface area contributed by atoms with Gasteiger partial charge in [-0.3, -0.25) is 10.9 Å². The van der Waals surface area contributed by atoms with Gasteiger partial charge in [-0.1, -0.05) is 6.07 Å². The van der Waals surface area contributed by atoms with Crippen molar-refractivity contribution in [3.63, 3.8) is 0 Å². The minimum Gasteiger partial charge on any atom is -0.454 e. The fourth-order valence-electron chi connectivity index (χ4n) is 2.04. The van der Waals surface area contributed by atoms with Crippen LogP contribution in [0.5, 0.6) is 11.5 Å². The Labute approximate surface area is 140 Å².